The van der Waals surface area contributed by atoms with Crippen LogP contribution in [0.3, 0.4) is 0 Å². The van der Waals surface area contributed by atoms with Crippen molar-refractivity contribution in [1.82, 2.24) is 0 Å². The van der Waals surface area contributed by atoms with Crippen molar-refractivity contribution in [3.05, 3.63) is 73.5 Å². The maximum Gasteiger partial charge on any atom is 0.271 e. The zero-order valence-electron chi connectivity index (χ0n) is 15.3. The number of non-ortho nitro benzene ring substituents is 2. The van der Waals surface area contributed by atoms with E-state index in [4.69, 9.17) is 14.2 Å². The Morgan fingerprint density at radius 1 is 0.774 bits per heavy atom. The van der Waals surface area contributed by atoms with Crippen LogP contribution in [-0.4, -0.2) is 35.3 Å². The average molecular weight is 688 g/mol. The Balaban J connectivity index is 1.73. The van der Waals surface area contributed by atoms with E-state index in [9.17, 15) is 20.2 Å². The molecule has 13 heteroatoms. The van der Waals surface area contributed by atoms with Crippen LogP contribution >= 0.6 is 63.7 Å². The van der Waals surface area contributed by atoms with Crippen LogP contribution in [0.15, 0.2) is 42.2 Å². The summed E-state index contributed by atoms with van der Waals surface area (Å²) >= 11 is 13.7. The van der Waals surface area contributed by atoms with E-state index in [0.717, 1.165) is 0 Å². The number of halogens is 4. The van der Waals surface area contributed by atoms with E-state index in [1.54, 1.807) is 0 Å². The van der Waals surface area contributed by atoms with E-state index in [1.807, 2.05) is 0 Å². The van der Waals surface area contributed by atoms with Gasteiger partial charge in [-0.1, -0.05) is 63.7 Å². The number of ether oxygens (including phenoxy) is 3. The third-order valence-corrected chi connectivity index (χ3v) is 7.43. The topological polar surface area (TPSA) is 121 Å². The van der Waals surface area contributed by atoms with Gasteiger partial charge in [0.2, 0.25) is 0 Å². The molecule has 2 aliphatic heterocycles. The van der Waals surface area contributed by atoms with Crippen molar-refractivity contribution < 1.29 is 24.1 Å². The first-order valence-corrected chi connectivity index (χ1v) is 12.0. The van der Waals surface area contributed by atoms with Gasteiger partial charge in [0.15, 0.2) is 0 Å². The molecule has 4 unspecified atom stereocenters. The molecule has 2 aliphatic rings. The third kappa shape index (κ3) is 5.02. The lowest BCUT2D eigenvalue weighted by molar-refractivity contribution is -0.385. The molecule has 4 atom stereocenters. The second-order valence-corrected chi connectivity index (χ2v) is 10.3. The van der Waals surface area contributed by atoms with E-state index in [0.29, 0.717) is 42.2 Å². The number of benzene rings is 2. The fourth-order valence-corrected chi connectivity index (χ4v) is 6.43. The number of rotatable bonds is 8. The lowest BCUT2D eigenvalue weighted by Gasteiger charge is -2.26. The number of hydrogen-bond donors (Lipinski definition) is 0. The van der Waals surface area contributed by atoms with Crippen molar-refractivity contribution in [2.45, 2.75) is 24.4 Å². The number of epoxide rings is 2. The molecular formula is C18H12Br4N2O7. The highest BCUT2D eigenvalue weighted by Gasteiger charge is 2.45. The molecule has 9 nitrogen and oxygen atoms in total. The number of nitrogens with zero attached hydrogens (tertiary/aromatic N) is 2. The third-order valence-electron chi connectivity index (χ3n) is 4.81. The molecule has 4 rings (SSSR count). The molecule has 2 aromatic carbocycles. The van der Waals surface area contributed by atoms with Gasteiger partial charge in [-0.3, -0.25) is 20.2 Å². The van der Waals surface area contributed by atoms with E-state index < -0.39 is 22.1 Å². The van der Waals surface area contributed by atoms with Crippen LogP contribution in [0.5, 0.6) is 0 Å². The molecule has 2 saturated heterocycles. The van der Waals surface area contributed by atoms with Gasteiger partial charge in [-0.25, -0.2) is 0 Å². The molecule has 2 aromatic rings. The van der Waals surface area contributed by atoms with Gasteiger partial charge in [0.1, 0.15) is 24.4 Å². The van der Waals surface area contributed by atoms with Crippen LogP contribution < -0.4 is 0 Å². The molecule has 0 radical (unpaired) electrons. The molecule has 31 heavy (non-hydrogen) atoms. The first-order valence-electron chi connectivity index (χ1n) is 8.82. The maximum atomic E-state index is 11.2. The standard InChI is InChI=1S/C18H12Br4N2O7/c19-9-1-7(23(25)26)2-10(20)15(9)17(13-5-29-13)31-18(14-6-30-14)16-11(21)3-8(24(27)28)4-12(16)22/h1-4,13-14,17-18H,5-6H2. The molecule has 0 bridgehead atoms. The summed E-state index contributed by atoms with van der Waals surface area (Å²) in [7, 11) is 0. The van der Waals surface area contributed by atoms with Crippen molar-refractivity contribution in [2.75, 3.05) is 13.2 Å². The van der Waals surface area contributed by atoms with Crippen LogP contribution in [0.2, 0.25) is 0 Å². The summed E-state index contributed by atoms with van der Waals surface area (Å²) in [4.78, 5) is 21.4. The Kier molecular flexibility index (Phi) is 6.83. The first kappa shape index (κ1) is 23.2. The summed E-state index contributed by atoms with van der Waals surface area (Å²) in [5, 5.41) is 22.4. The fraction of sp³-hybridized carbons (Fsp3) is 0.333. The van der Waals surface area contributed by atoms with E-state index in [-0.39, 0.29) is 23.6 Å². The van der Waals surface area contributed by atoms with Crippen molar-refractivity contribution in [1.29, 1.82) is 0 Å². The number of nitro benzene ring substituents is 2. The summed E-state index contributed by atoms with van der Waals surface area (Å²) in [6.07, 6.45) is -1.61. The Hall–Kier alpha value is -0.960. The Morgan fingerprint density at radius 3 is 1.29 bits per heavy atom. The highest BCUT2D eigenvalue weighted by molar-refractivity contribution is 9.11. The summed E-state index contributed by atoms with van der Waals surface area (Å²) < 4.78 is 19.5. The molecular weight excluding hydrogens is 676 g/mol. The van der Waals surface area contributed by atoms with E-state index >= 15 is 0 Å². The fourth-order valence-electron chi connectivity index (χ4n) is 3.20. The Labute approximate surface area is 209 Å². The van der Waals surface area contributed by atoms with Crippen molar-refractivity contribution in [3.63, 3.8) is 0 Å². The predicted octanol–water partition coefficient (Wildman–Crippen LogP) is 6.15. The molecule has 0 amide bonds. The number of nitro groups is 2. The number of hydrogen-bond acceptors (Lipinski definition) is 7. The molecule has 2 fully saturated rings. The smallest absolute Gasteiger partial charge is 0.271 e. The van der Waals surface area contributed by atoms with Gasteiger partial charge in [0.05, 0.1) is 23.1 Å². The van der Waals surface area contributed by atoms with Crippen molar-refractivity contribution >= 4 is 75.1 Å². The van der Waals surface area contributed by atoms with Gasteiger partial charge in [-0.05, 0) is 0 Å². The van der Waals surface area contributed by atoms with Gasteiger partial charge >= 0.3 is 0 Å². The first-order chi connectivity index (χ1) is 14.7. The van der Waals surface area contributed by atoms with Crippen LogP contribution in [0, 0.1) is 20.2 Å². The quantitative estimate of drug-likeness (QED) is 0.186. The predicted molar refractivity (Wildman–Crippen MR) is 123 cm³/mol. The normalized spacial score (nSPS) is 21.4. The lowest BCUT2D eigenvalue weighted by atomic mass is 10.0. The minimum absolute atomic E-state index is 0.0686. The molecule has 2 heterocycles. The van der Waals surface area contributed by atoms with E-state index in [2.05, 4.69) is 63.7 Å². The highest BCUT2D eigenvalue weighted by Crippen LogP contribution is 2.48. The summed E-state index contributed by atoms with van der Waals surface area (Å²) in [6, 6.07) is 5.66. The van der Waals surface area contributed by atoms with Gasteiger partial charge in [0.25, 0.3) is 11.4 Å². The van der Waals surface area contributed by atoms with E-state index in [1.165, 1.54) is 24.3 Å². The van der Waals surface area contributed by atoms with Crippen LogP contribution in [0.1, 0.15) is 23.3 Å². The zero-order chi connectivity index (χ0) is 22.4. The van der Waals surface area contributed by atoms with Gasteiger partial charge in [-0.15, -0.1) is 0 Å². The molecule has 0 N–H and O–H groups in total. The maximum absolute atomic E-state index is 11.2. The van der Waals surface area contributed by atoms with Crippen molar-refractivity contribution in [2.24, 2.45) is 0 Å². The van der Waals surface area contributed by atoms with Gasteiger partial charge < -0.3 is 14.2 Å². The monoisotopic (exact) mass is 684 g/mol. The Morgan fingerprint density at radius 2 is 1.06 bits per heavy atom. The molecule has 0 saturated carbocycles. The largest absolute Gasteiger partial charge is 0.370 e. The Bertz CT molecular complexity index is 945. The minimum atomic E-state index is -0.562. The SMILES string of the molecule is O=[N+]([O-])c1cc(Br)c(C(OC(c2c(Br)cc([N+](=O)[O-])cc2Br)C2CO2)C2CO2)c(Br)c1. The van der Waals surface area contributed by atoms with Crippen molar-refractivity contribution in [3.8, 4) is 0 Å². The lowest BCUT2D eigenvalue weighted by Crippen LogP contribution is -2.20. The minimum Gasteiger partial charge on any atom is -0.370 e. The second-order valence-electron chi connectivity index (χ2n) is 6.88. The summed E-state index contributed by atoms with van der Waals surface area (Å²) in [5.41, 5.74) is 1.21. The van der Waals surface area contributed by atoms with Gasteiger partial charge in [0, 0.05) is 53.3 Å². The van der Waals surface area contributed by atoms with Crippen LogP contribution in [0.4, 0.5) is 11.4 Å². The zero-order valence-corrected chi connectivity index (χ0v) is 21.6. The summed E-state index contributed by atoms with van der Waals surface area (Å²) in [6.45, 7) is 0.947. The second kappa shape index (κ2) is 9.12. The van der Waals surface area contributed by atoms with Gasteiger partial charge in [-0.2, -0.15) is 0 Å². The molecule has 0 aliphatic carbocycles. The average Bonchev–Trinajstić information content (AvgIpc) is 3.58. The molecule has 0 spiro atoms. The molecule has 164 valence electrons. The highest BCUT2D eigenvalue weighted by atomic mass is 79.9. The van der Waals surface area contributed by atoms with Crippen LogP contribution in [-0.2, 0) is 14.2 Å². The molecule has 0 aromatic heterocycles. The summed E-state index contributed by atoms with van der Waals surface area (Å²) in [5.74, 6) is 0. The van der Waals surface area contributed by atoms with Crippen LogP contribution in [0.25, 0.3) is 0 Å².